The second kappa shape index (κ2) is 7.30. The number of aromatic nitrogens is 4. The van der Waals surface area contributed by atoms with Crippen LogP contribution in [0.2, 0.25) is 0 Å². The van der Waals surface area contributed by atoms with E-state index in [1.807, 2.05) is 6.07 Å². The number of rotatable bonds is 6. The van der Waals surface area contributed by atoms with Crippen molar-refractivity contribution in [2.45, 2.75) is 31.4 Å². The molecule has 2 fully saturated rings. The number of hydrogen-bond acceptors (Lipinski definition) is 9. The fourth-order valence-electron chi connectivity index (χ4n) is 3.14. The maximum absolute atomic E-state index is 12.1. The highest BCUT2D eigenvalue weighted by molar-refractivity contribution is 5.89. The monoisotopic (exact) mass is 396 g/mol. The van der Waals surface area contributed by atoms with Crippen molar-refractivity contribution >= 4 is 28.9 Å². The van der Waals surface area contributed by atoms with Gasteiger partial charge in [0.25, 0.3) is 0 Å². The van der Waals surface area contributed by atoms with Crippen molar-refractivity contribution in [3.63, 3.8) is 0 Å². The van der Waals surface area contributed by atoms with Crippen LogP contribution in [-0.4, -0.2) is 51.0 Å². The highest BCUT2D eigenvalue weighted by Crippen LogP contribution is 2.30. The van der Waals surface area contributed by atoms with E-state index in [0.717, 1.165) is 12.8 Å². The molecule has 2 atom stereocenters. The zero-order valence-corrected chi connectivity index (χ0v) is 15.5. The summed E-state index contributed by atoms with van der Waals surface area (Å²) in [5, 5.41) is 3.32. The minimum atomic E-state index is -0.673. The van der Waals surface area contributed by atoms with E-state index >= 15 is 0 Å². The van der Waals surface area contributed by atoms with Crippen LogP contribution >= 0.6 is 0 Å². The summed E-state index contributed by atoms with van der Waals surface area (Å²) in [5.74, 6) is 0.362. The molecule has 1 unspecified atom stereocenters. The number of ether oxygens (including phenoxy) is 3. The Morgan fingerprint density at radius 1 is 1.28 bits per heavy atom. The van der Waals surface area contributed by atoms with Crippen LogP contribution in [0.15, 0.2) is 36.7 Å². The van der Waals surface area contributed by atoms with Crippen LogP contribution in [-0.2, 0) is 14.2 Å². The highest BCUT2D eigenvalue weighted by atomic mass is 16.7. The van der Waals surface area contributed by atoms with Crippen LogP contribution < -0.4 is 11.1 Å². The Hall–Kier alpha value is -3.24. The lowest BCUT2D eigenvalue weighted by atomic mass is 10.2. The van der Waals surface area contributed by atoms with E-state index in [4.69, 9.17) is 19.9 Å². The third-order valence-corrected chi connectivity index (χ3v) is 4.76. The first-order chi connectivity index (χ1) is 14.2. The van der Waals surface area contributed by atoms with E-state index in [1.165, 1.54) is 0 Å². The van der Waals surface area contributed by atoms with Crippen LogP contribution in [0, 0.1) is 0 Å². The standard InChI is InChI=1S/C19H20N6O4/c20-19-23-16(22-12-6-7-12)15-17(24-19)25(10-21-15)13-8-27-14(29-13)9-28-18(26)11-4-2-1-3-5-11/h1-5,10,12-14H,6-9H2,(H3,20,22,23,24)/t13?,14-/m1/s1. The molecule has 1 aliphatic heterocycles. The second-order valence-electron chi connectivity index (χ2n) is 6.99. The lowest BCUT2D eigenvalue weighted by molar-refractivity contribution is -0.102. The molecule has 3 N–H and O–H groups in total. The summed E-state index contributed by atoms with van der Waals surface area (Å²) in [4.78, 5) is 25.1. The predicted molar refractivity (Wildman–Crippen MR) is 103 cm³/mol. The van der Waals surface area contributed by atoms with Gasteiger partial charge in [0.1, 0.15) is 6.61 Å². The number of nitrogens with one attached hydrogen (secondary N) is 1. The smallest absolute Gasteiger partial charge is 0.338 e. The maximum atomic E-state index is 12.1. The average molecular weight is 396 g/mol. The molecule has 3 aromatic rings. The maximum Gasteiger partial charge on any atom is 0.338 e. The molecule has 150 valence electrons. The summed E-state index contributed by atoms with van der Waals surface area (Å²) >= 11 is 0. The third-order valence-electron chi connectivity index (χ3n) is 4.76. The summed E-state index contributed by atoms with van der Waals surface area (Å²) in [6.07, 6.45) is 2.71. The van der Waals surface area contributed by atoms with Gasteiger partial charge in [0.15, 0.2) is 29.5 Å². The first-order valence-corrected chi connectivity index (χ1v) is 9.43. The van der Waals surface area contributed by atoms with Gasteiger partial charge in [0, 0.05) is 6.04 Å². The number of fused-ring (bicyclic) bond motifs is 1. The van der Waals surface area contributed by atoms with Crippen LogP contribution in [0.1, 0.15) is 29.4 Å². The number of benzene rings is 1. The fraction of sp³-hybridized carbons (Fsp3) is 0.368. The molecule has 2 aliphatic rings. The van der Waals surface area contributed by atoms with Gasteiger partial charge >= 0.3 is 5.97 Å². The zero-order valence-electron chi connectivity index (χ0n) is 15.5. The molecule has 1 aliphatic carbocycles. The molecule has 1 saturated carbocycles. The number of carbonyl (C=O) groups is 1. The highest BCUT2D eigenvalue weighted by Gasteiger charge is 2.31. The van der Waals surface area contributed by atoms with Crippen molar-refractivity contribution in [1.82, 2.24) is 19.5 Å². The Balaban J connectivity index is 1.27. The first kappa shape index (κ1) is 17.8. The number of hydrogen-bond donors (Lipinski definition) is 2. The quantitative estimate of drug-likeness (QED) is 0.599. The van der Waals surface area contributed by atoms with Gasteiger partial charge in [-0.2, -0.15) is 9.97 Å². The fourth-order valence-corrected chi connectivity index (χ4v) is 3.14. The number of imidazole rings is 1. The Morgan fingerprint density at radius 2 is 2.10 bits per heavy atom. The van der Waals surface area contributed by atoms with Gasteiger partial charge in [-0.05, 0) is 25.0 Å². The number of nitrogens with zero attached hydrogens (tertiary/aromatic N) is 4. The Kier molecular flexibility index (Phi) is 4.49. The summed E-state index contributed by atoms with van der Waals surface area (Å²) < 4.78 is 18.5. The first-order valence-electron chi connectivity index (χ1n) is 9.43. The van der Waals surface area contributed by atoms with Crippen molar-refractivity contribution in [2.75, 3.05) is 24.3 Å². The normalized spacial score (nSPS) is 21.4. The molecule has 0 radical (unpaired) electrons. The molecular formula is C19H20N6O4. The number of carbonyl (C=O) groups excluding carboxylic acids is 1. The molecule has 3 heterocycles. The SMILES string of the molecule is Nc1nc(NC2CC2)c2ncn(C3CO[C@@H](COC(=O)c4ccccc4)O3)c2n1. The average Bonchev–Trinajstić information content (AvgIpc) is 3.25. The van der Waals surface area contributed by atoms with Gasteiger partial charge in [0.2, 0.25) is 5.95 Å². The zero-order chi connectivity index (χ0) is 19.8. The third kappa shape index (κ3) is 3.71. The van der Waals surface area contributed by atoms with E-state index in [2.05, 4.69) is 20.3 Å². The predicted octanol–water partition coefficient (Wildman–Crippen LogP) is 1.71. The van der Waals surface area contributed by atoms with Crippen molar-refractivity contribution in [1.29, 1.82) is 0 Å². The second-order valence-corrected chi connectivity index (χ2v) is 6.99. The molecule has 1 saturated heterocycles. The van der Waals surface area contributed by atoms with Crippen molar-refractivity contribution in [2.24, 2.45) is 0 Å². The van der Waals surface area contributed by atoms with E-state index < -0.39 is 18.5 Å². The topological polar surface area (TPSA) is 126 Å². The minimum absolute atomic E-state index is 0.0114. The van der Waals surface area contributed by atoms with E-state index in [9.17, 15) is 4.79 Å². The molecule has 2 aromatic heterocycles. The van der Waals surface area contributed by atoms with Crippen LogP contribution in [0.4, 0.5) is 11.8 Å². The Bertz CT molecular complexity index is 1040. The molecule has 10 heteroatoms. The molecule has 0 amide bonds. The van der Waals surface area contributed by atoms with Crippen molar-refractivity contribution in [3.8, 4) is 0 Å². The Morgan fingerprint density at radius 3 is 2.90 bits per heavy atom. The number of esters is 1. The van der Waals surface area contributed by atoms with E-state index in [-0.39, 0.29) is 19.2 Å². The summed E-state index contributed by atoms with van der Waals surface area (Å²) in [6.45, 7) is 0.261. The number of nitrogen functional groups attached to an aromatic ring is 1. The van der Waals surface area contributed by atoms with E-state index in [1.54, 1.807) is 35.2 Å². The molecular weight excluding hydrogens is 376 g/mol. The summed E-state index contributed by atoms with van der Waals surface area (Å²) in [5.41, 5.74) is 7.55. The van der Waals surface area contributed by atoms with Gasteiger partial charge < -0.3 is 25.3 Å². The number of anilines is 2. The summed E-state index contributed by atoms with van der Waals surface area (Å²) in [7, 11) is 0. The van der Waals surface area contributed by atoms with Crippen LogP contribution in [0.3, 0.4) is 0 Å². The minimum Gasteiger partial charge on any atom is -0.457 e. The largest absolute Gasteiger partial charge is 0.457 e. The molecule has 5 rings (SSSR count). The van der Waals surface area contributed by atoms with Crippen LogP contribution in [0.25, 0.3) is 11.2 Å². The molecule has 1 aromatic carbocycles. The molecule has 0 bridgehead atoms. The van der Waals surface area contributed by atoms with E-state index in [0.29, 0.717) is 28.6 Å². The van der Waals surface area contributed by atoms with Gasteiger partial charge in [0.05, 0.1) is 18.5 Å². The summed E-state index contributed by atoms with van der Waals surface area (Å²) in [6, 6.07) is 9.18. The molecule has 29 heavy (non-hydrogen) atoms. The van der Waals surface area contributed by atoms with Gasteiger partial charge in [-0.1, -0.05) is 18.2 Å². The molecule has 10 nitrogen and oxygen atoms in total. The lowest BCUT2D eigenvalue weighted by Crippen LogP contribution is -2.20. The van der Waals surface area contributed by atoms with Crippen molar-refractivity contribution < 1.29 is 19.0 Å². The van der Waals surface area contributed by atoms with Gasteiger partial charge in [-0.3, -0.25) is 4.57 Å². The Labute approximate surface area is 166 Å². The van der Waals surface area contributed by atoms with Gasteiger partial charge in [-0.25, -0.2) is 9.78 Å². The lowest BCUT2D eigenvalue weighted by Gasteiger charge is -2.13. The van der Waals surface area contributed by atoms with Crippen LogP contribution in [0.5, 0.6) is 0 Å². The van der Waals surface area contributed by atoms with Gasteiger partial charge in [-0.15, -0.1) is 0 Å². The molecule has 0 spiro atoms. The number of nitrogens with two attached hydrogens (primary N) is 1. The van der Waals surface area contributed by atoms with Crippen molar-refractivity contribution in [3.05, 3.63) is 42.2 Å².